The predicted octanol–water partition coefficient (Wildman–Crippen LogP) is 3.94. The summed E-state index contributed by atoms with van der Waals surface area (Å²) in [4.78, 5) is 4.52. The molecule has 0 fully saturated rings. The molecule has 0 aliphatic heterocycles. The lowest BCUT2D eigenvalue weighted by atomic mass is 10.00. The molecule has 1 unspecified atom stereocenters. The summed E-state index contributed by atoms with van der Waals surface area (Å²) in [6, 6.07) is 12.3. The first kappa shape index (κ1) is 14.0. The number of rotatable bonds is 5. The lowest BCUT2D eigenvalue weighted by molar-refractivity contribution is 0.534. The highest BCUT2D eigenvalue weighted by molar-refractivity contribution is 6.30. The van der Waals surface area contributed by atoms with Crippen LogP contribution in [0.4, 0.5) is 0 Å². The number of halogens is 1. The lowest BCUT2D eigenvalue weighted by Crippen LogP contribution is -2.24. The molecule has 1 N–H and O–H groups in total. The topological polar surface area (TPSA) is 24.9 Å². The minimum Gasteiger partial charge on any atom is -0.309 e. The second-order valence-electron chi connectivity index (χ2n) is 4.65. The summed E-state index contributed by atoms with van der Waals surface area (Å²) in [5.41, 5.74) is 3.61. The van der Waals surface area contributed by atoms with Crippen LogP contribution in [-0.4, -0.2) is 11.5 Å². The molecule has 0 bridgehead atoms. The zero-order valence-corrected chi connectivity index (χ0v) is 12.1. The molecule has 19 heavy (non-hydrogen) atoms. The molecule has 0 aliphatic carbocycles. The number of hydrogen-bond donors (Lipinski definition) is 1. The van der Waals surface area contributed by atoms with Gasteiger partial charge in [0.2, 0.25) is 0 Å². The molecule has 0 amide bonds. The molecule has 2 aromatic rings. The highest BCUT2D eigenvalue weighted by atomic mass is 35.5. The van der Waals surface area contributed by atoms with E-state index in [0.717, 1.165) is 23.7 Å². The van der Waals surface area contributed by atoms with Crippen LogP contribution in [-0.2, 0) is 6.42 Å². The molecule has 2 nitrogen and oxygen atoms in total. The van der Waals surface area contributed by atoms with Crippen molar-refractivity contribution >= 4 is 11.6 Å². The van der Waals surface area contributed by atoms with Crippen molar-refractivity contribution in [2.45, 2.75) is 26.3 Å². The van der Waals surface area contributed by atoms with E-state index >= 15 is 0 Å². The van der Waals surface area contributed by atoms with Crippen molar-refractivity contribution in [1.82, 2.24) is 10.3 Å². The molecule has 0 saturated carbocycles. The molecular weight excluding hydrogens is 256 g/mol. The number of hydrogen-bond acceptors (Lipinski definition) is 2. The molecule has 0 radical (unpaired) electrons. The maximum absolute atomic E-state index is 5.92. The van der Waals surface area contributed by atoms with E-state index in [2.05, 4.69) is 42.3 Å². The molecule has 1 aromatic carbocycles. The van der Waals surface area contributed by atoms with Crippen LogP contribution >= 0.6 is 11.6 Å². The quantitative estimate of drug-likeness (QED) is 0.893. The van der Waals surface area contributed by atoms with E-state index < -0.39 is 0 Å². The second-order valence-corrected chi connectivity index (χ2v) is 5.08. The zero-order chi connectivity index (χ0) is 13.7. The first-order chi connectivity index (χ1) is 9.20. The summed E-state index contributed by atoms with van der Waals surface area (Å²) in [6.07, 6.45) is 2.78. The molecule has 1 heterocycles. The van der Waals surface area contributed by atoms with E-state index in [-0.39, 0.29) is 6.04 Å². The molecule has 100 valence electrons. The molecule has 0 saturated heterocycles. The Kier molecular flexibility index (Phi) is 4.94. The number of aromatic nitrogens is 1. The first-order valence-electron chi connectivity index (χ1n) is 6.60. The summed E-state index contributed by atoms with van der Waals surface area (Å²) in [6.45, 7) is 5.15. The number of aryl methyl sites for hydroxylation is 1. The Labute approximate surface area is 119 Å². The van der Waals surface area contributed by atoms with Gasteiger partial charge in [-0.1, -0.05) is 36.7 Å². The third-order valence-corrected chi connectivity index (χ3v) is 3.44. The van der Waals surface area contributed by atoms with Crippen LogP contribution in [0.2, 0.25) is 5.02 Å². The molecule has 0 aliphatic rings. The van der Waals surface area contributed by atoms with Gasteiger partial charge in [0.1, 0.15) is 0 Å². The van der Waals surface area contributed by atoms with Crippen molar-refractivity contribution in [3.63, 3.8) is 0 Å². The molecule has 3 heteroatoms. The number of nitrogens with zero attached hydrogens (tertiary/aromatic N) is 1. The largest absolute Gasteiger partial charge is 0.309 e. The number of benzene rings is 1. The second kappa shape index (κ2) is 6.69. The fourth-order valence-electron chi connectivity index (χ4n) is 2.23. The molecule has 1 aromatic heterocycles. The predicted molar refractivity (Wildman–Crippen MR) is 80.5 cm³/mol. The van der Waals surface area contributed by atoms with Gasteiger partial charge >= 0.3 is 0 Å². The van der Waals surface area contributed by atoms with Gasteiger partial charge in [0.25, 0.3) is 0 Å². The van der Waals surface area contributed by atoms with Gasteiger partial charge in [-0.15, -0.1) is 0 Å². The Morgan fingerprint density at radius 1 is 1.21 bits per heavy atom. The minimum absolute atomic E-state index is 0.243. The fourth-order valence-corrected chi connectivity index (χ4v) is 2.36. The van der Waals surface area contributed by atoms with Gasteiger partial charge in [-0.05, 0) is 49.2 Å². The van der Waals surface area contributed by atoms with Gasteiger partial charge in [0.05, 0.1) is 11.7 Å². The molecule has 0 spiro atoms. The number of nitrogens with one attached hydrogen (secondary N) is 1. The van der Waals surface area contributed by atoms with Crippen LogP contribution < -0.4 is 5.32 Å². The zero-order valence-electron chi connectivity index (χ0n) is 11.4. The summed E-state index contributed by atoms with van der Waals surface area (Å²) in [5.74, 6) is 0. The van der Waals surface area contributed by atoms with Crippen LogP contribution in [0.15, 0.2) is 42.6 Å². The monoisotopic (exact) mass is 274 g/mol. The van der Waals surface area contributed by atoms with Crippen LogP contribution in [0.1, 0.15) is 29.8 Å². The van der Waals surface area contributed by atoms with E-state index in [1.54, 1.807) is 0 Å². The average Bonchev–Trinajstić information content (AvgIpc) is 2.41. The van der Waals surface area contributed by atoms with Gasteiger partial charge in [-0.2, -0.15) is 0 Å². The first-order valence-corrected chi connectivity index (χ1v) is 6.98. The maximum atomic E-state index is 5.92. The number of likely N-dealkylation sites (N-methyl/N-ethyl adjacent to an activating group) is 1. The fraction of sp³-hybridized carbons (Fsp3) is 0.312. The van der Waals surface area contributed by atoms with Crippen LogP contribution in [0.3, 0.4) is 0 Å². The Morgan fingerprint density at radius 2 is 1.95 bits per heavy atom. The smallest absolute Gasteiger partial charge is 0.0605 e. The standard InChI is InChI=1S/C16H19ClN2/c1-3-18-15(16-12(2)5-4-10-19-16)11-13-6-8-14(17)9-7-13/h4-10,15,18H,3,11H2,1-2H3. The van der Waals surface area contributed by atoms with E-state index in [1.165, 1.54) is 11.1 Å². The molecule has 2 rings (SSSR count). The van der Waals surface area contributed by atoms with Gasteiger partial charge < -0.3 is 5.32 Å². The number of pyridine rings is 1. The van der Waals surface area contributed by atoms with Crippen molar-refractivity contribution in [2.75, 3.05) is 6.54 Å². The van der Waals surface area contributed by atoms with Gasteiger partial charge in [0.15, 0.2) is 0 Å². The third kappa shape index (κ3) is 3.79. The van der Waals surface area contributed by atoms with E-state index in [9.17, 15) is 0 Å². The highest BCUT2D eigenvalue weighted by Gasteiger charge is 2.14. The molecule has 1 atom stereocenters. The maximum Gasteiger partial charge on any atom is 0.0605 e. The van der Waals surface area contributed by atoms with Crippen LogP contribution in [0.25, 0.3) is 0 Å². The van der Waals surface area contributed by atoms with Crippen LogP contribution in [0, 0.1) is 6.92 Å². The van der Waals surface area contributed by atoms with Crippen molar-refractivity contribution in [3.8, 4) is 0 Å². The Morgan fingerprint density at radius 3 is 2.58 bits per heavy atom. The normalized spacial score (nSPS) is 12.4. The van der Waals surface area contributed by atoms with Crippen LogP contribution in [0.5, 0.6) is 0 Å². The van der Waals surface area contributed by atoms with Crippen molar-refractivity contribution in [2.24, 2.45) is 0 Å². The summed E-state index contributed by atoms with van der Waals surface area (Å²) < 4.78 is 0. The Hall–Kier alpha value is -1.38. The van der Waals surface area contributed by atoms with Gasteiger partial charge in [-0.25, -0.2) is 0 Å². The SMILES string of the molecule is CCNC(Cc1ccc(Cl)cc1)c1ncccc1C. The highest BCUT2D eigenvalue weighted by Crippen LogP contribution is 2.20. The minimum atomic E-state index is 0.243. The van der Waals surface area contributed by atoms with Crippen molar-refractivity contribution in [3.05, 3.63) is 64.4 Å². The summed E-state index contributed by atoms with van der Waals surface area (Å²) in [7, 11) is 0. The summed E-state index contributed by atoms with van der Waals surface area (Å²) >= 11 is 5.92. The van der Waals surface area contributed by atoms with Gasteiger partial charge in [-0.3, -0.25) is 4.98 Å². The lowest BCUT2D eigenvalue weighted by Gasteiger charge is -2.19. The van der Waals surface area contributed by atoms with E-state index in [1.807, 2.05) is 24.4 Å². The third-order valence-electron chi connectivity index (χ3n) is 3.18. The molecular formula is C16H19ClN2. The van der Waals surface area contributed by atoms with Gasteiger partial charge in [0, 0.05) is 11.2 Å². The summed E-state index contributed by atoms with van der Waals surface area (Å²) in [5, 5.41) is 4.28. The Balaban J connectivity index is 2.21. The van der Waals surface area contributed by atoms with E-state index in [0.29, 0.717) is 0 Å². The average molecular weight is 275 g/mol. The van der Waals surface area contributed by atoms with Crippen molar-refractivity contribution in [1.29, 1.82) is 0 Å². The Bertz CT molecular complexity index is 523. The van der Waals surface area contributed by atoms with E-state index in [4.69, 9.17) is 11.6 Å². The van der Waals surface area contributed by atoms with Crippen molar-refractivity contribution < 1.29 is 0 Å².